The number of nitrogens with one attached hydrogen (secondary N) is 1. The number of nitrogens with zero attached hydrogens (tertiary/aromatic N) is 4. The van der Waals surface area contributed by atoms with E-state index in [1.165, 1.54) is 22.7 Å². The Morgan fingerprint density at radius 3 is 2.54 bits per heavy atom. The molecule has 0 unspecified atom stereocenters. The van der Waals surface area contributed by atoms with Crippen LogP contribution in [0.1, 0.15) is 18.4 Å². The highest BCUT2D eigenvalue weighted by Crippen LogP contribution is 2.30. The van der Waals surface area contributed by atoms with E-state index in [-0.39, 0.29) is 16.3 Å². The highest BCUT2D eigenvalue weighted by Gasteiger charge is 2.29. The molecule has 0 bridgehead atoms. The molecular weight excluding hydrogens is 358 g/mol. The van der Waals surface area contributed by atoms with Gasteiger partial charge in [0.15, 0.2) is 0 Å². The number of anilines is 1. The maximum atomic E-state index is 12.6. The number of nitro groups is 1. The standard InChI is InChI=1S/C16H17N5O4S/c22-21(23)16-11-14(26(24,25)20-9-1-2-10-20)3-4-15(16)19-18-12-13-5-7-17-8-6-13/h3-8,11-12,19H,1-2,9-10H2/b18-12-. The Bertz CT molecular complexity index is 925. The van der Waals surface area contributed by atoms with Crippen molar-refractivity contribution >= 4 is 27.6 Å². The summed E-state index contributed by atoms with van der Waals surface area (Å²) in [6.45, 7) is 0.874. The fraction of sp³-hybridized carbons (Fsp3) is 0.250. The molecule has 1 aliphatic rings. The molecule has 2 heterocycles. The van der Waals surface area contributed by atoms with E-state index >= 15 is 0 Å². The first-order valence-corrected chi connectivity index (χ1v) is 9.40. The number of rotatable bonds is 6. The molecule has 0 atom stereocenters. The van der Waals surface area contributed by atoms with E-state index in [9.17, 15) is 18.5 Å². The van der Waals surface area contributed by atoms with E-state index in [4.69, 9.17) is 0 Å². The van der Waals surface area contributed by atoms with Crippen LogP contribution in [0.15, 0.2) is 52.7 Å². The number of aromatic nitrogens is 1. The van der Waals surface area contributed by atoms with Gasteiger partial charge in [-0.1, -0.05) is 0 Å². The van der Waals surface area contributed by atoms with E-state index in [0.717, 1.165) is 24.5 Å². The number of pyridine rings is 1. The van der Waals surface area contributed by atoms with Crippen LogP contribution in [0.3, 0.4) is 0 Å². The average molecular weight is 375 g/mol. The lowest BCUT2D eigenvalue weighted by Crippen LogP contribution is -2.27. The van der Waals surface area contributed by atoms with E-state index < -0.39 is 14.9 Å². The lowest BCUT2D eigenvalue weighted by atomic mass is 10.3. The van der Waals surface area contributed by atoms with Crippen LogP contribution < -0.4 is 5.43 Å². The van der Waals surface area contributed by atoms with Crippen molar-refractivity contribution in [3.8, 4) is 0 Å². The SMILES string of the molecule is O=[N+]([O-])c1cc(S(=O)(=O)N2CCCC2)ccc1N/N=C\c1ccncc1. The zero-order valence-electron chi connectivity index (χ0n) is 13.8. The third kappa shape index (κ3) is 3.86. The van der Waals surface area contributed by atoms with Gasteiger partial charge in [-0.05, 0) is 42.7 Å². The molecule has 26 heavy (non-hydrogen) atoms. The third-order valence-corrected chi connectivity index (χ3v) is 5.87. The minimum atomic E-state index is -3.72. The topological polar surface area (TPSA) is 118 Å². The smallest absolute Gasteiger partial charge is 0.272 e. The number of benzene rings is 1. The summed E-state index contributed by atoms with van der Waals surface area (Å²) in [5.74, 6) is 0. The lowest BCUT2D eigenvalue weighted by Gasteiger charge is -2.15. The van der Waals surface area contributed by atoms with Crippen LogP contribution in [0.4, 0.5) is 11.4 Å². The Labute approximate surface area is 150 Å². The Kier molecular flexibility index (Phi) is 5.24. The van der Waals surface area contributed by atoms with Gasteiger partial charge in [0.2, 0.25) is 10.0 Å². The molecule has 0 spiro atoms. The van der Waals surface area contributed by atoms with Gasteiger partial charge in [-0.2, -0.15) is 9.41 Å². The second kappa shape index (κ2) is 7.58. The maximum absolute atomic E-state index is 12.6. The van der Waals surface area contributed by atoms with Crippen LogP contribution in [0.25, 0.3) is 0 Å². The minimum absolute atomic E-state index is 0.0882. The summed E-state index contributed by atoms with van der Waals surface area (Å²) in [6, 6.07) is 7.23. The first kappa shape index (κ1) is 18.0. The lowest BCUT2D eigenvalue weighted by molar-refractivity contribution is -0.384. The highest BCUT2D eigenvalue weighted by atomic mass is 32.2. The molecule has 0 aliphatic carbocycles. The first-order valence-electron chi connectivity index (χ1n) is 7.96. The van der Waals surface area contributed by atoms with Crippen molar-refractivity contribution in [3.63, 3.8) is 0 Å². The Hall–Kier alpha value is -2.85. The van der Waals surface area contributed by atoms with Crippen molar-refractivity contribution in [2.45, 2.75) is 17.7 Å². The van der Waals surface area contributed by atoms with Gasteiger partial charge in [-0.15, -0.1) is 0 Å². The van der Waals surface area contributed by atoms with E-state index in [2.05, 4.69) is 15.5 Å². The molecule has 0 saturated carbocycles. The summed E-state index contributed by atoms with van der Waals surface area (Å²) in [5, 5.41) is 15.3. The summed E-state index contributed by atoms with van der Waals surface area (Å²) in [5.41, 5.74) is 3.12. The van der Waals surface area contributed by atoms with Crippen molar-refractivity contribution in [2.24, 2.45) is 5.10 Å². The second-order valence-corrected chi connectivity index (χ2v) is 7.64. The summed E-state index contributed by atoms with van der Waals surface area (Å²) < 4.78 is 26.5. The summed E-state index contributed by atoms with van der Waals surface area (Å²) in [4.78, 5) is 14.5. The predicted molar refractivity (Wildman–Crippen MR) is 96.5 cm³/mol. The van der Waals surface area contributed by atoms with Crippen LogP contribution >= 0.6 is 0 Å². The Balaban J connectivity index is 1.85. The van der Waals surface area contributed by atoms with Gasteiger partial charge in [-0.25, -0.2) is 8.42 Å². The van der Waals surface area contributed by atoms with Gasteiger partial charge in [0.25, 0.3) is 5.69 Å². The van der Waals surface area contributed by atoms with Crippen molar-refractivity contribution in [1.29, 1.82) is 0 Å². The van der Waals surface area contributed by atoms with Gasteiger partial charge < -0.3 is 0 Å². The monoisotopic (exact) mass is 375 g/mol. The van der Waals surface area contributed by atoms with Crippen molar-refractivity contribution in [2.75, 3.05) is 18.5 Å². The van der Waals surface area contributed by atoms with E-state index in [1.54, 1.807) is 24.5 Å². The molecule has 1 saturated heterocycles. The predicted octanol–water partition coefficient (Wildman–Crippen LogP) is 2.22. The summed E-state index contributed by atoms with van der Waals surface area (Å²) in [6.07, 6.45) is 6.28. The molecule has 0 radical (unpaired) electrons. The van der Waals surface area contributed by atoms with Crippen molar-refractivity contribution in [3.05, 3.63) is 58.4 Å². The molecule has 3 rings (SSSR count). The van der Waals surface area contributed by atoms with E-state index in [1.807, 2.05) is 0 Å². The molecule has 9 nitrogen and oxygen atoms in total. The summed E-state index contributed by atoms with van der Waals surface area (Å²) in [7, 11) is -3.72. The molecule has 10 heteroatoms. The van der Waals surface area contributed by atoms with Crippen LogP contribution in [0.5, 0.6) is 0 Å². The molecule has 1 aromatic carbocycles. The molecule has 0 amide bonds. The van der Waals surface area contributed by atoms with Gasteiger partial charge in [0.1, 0.15) is 5.69 Å². The number of hydrazone groups is 1. The van der Waals surface area contributed by atoms with Gasteiger partial charge in [0.05, 0.1) is 16.0 Å². The Morgan fingerprint density at radius 1 is 1.19 bits per heavy atom. The molecule has 1 fully saturated rings. The fourth-order valence-electron chi connectivity index (χ4n) is 2.62. The maximum Gasteiger partial charge on any atom is 0.295 e. The minimum Gasteiger partial charge on any atom is -0.272 e. The number of nitro benzene ring substituents is 1. The van der Waals surface area contributed by atoms with Crippen molar-refractivity contribution < 1.29 is 13.3 Å². The molecule has 136 valence electrons. The van der Waals surface area contributed by atoms with Crippen LogP contribution in [-0.4, -0.2) is 41.9 Å². The number of sulfonamides is 1. The number of hydrogen-bond acceptors (Lipinski definition) is 7. The van der Waals surface area contributed by atoms with Gasteiger partial charge in [-0.3, -0.25) is 20.5 Å². The van der Waals surface area contributed by atoms with Crippen molar-refractivity contribution in [1.82, 2.24) is 9.29 Å². The van der Waals surface area contributed by atoms with Crippen LogP contribution in [-0.2, 0) is 10.0 Å². The van der Waals surface area contributed by atoms with Crippen LogP contribution in [0.2, 0.25) is 0 Å². The quantitative estimate of drug-likeness (QED) is 0.470. The largest absolute Gasteiger partial charge is 0.295 e. The molecule has 2 aromatic rings. The Morgan fingerprint density at radius 2 is 1.88 bits per heavy atom. The van der Waals surface area contributed by atoms with Crippen LogP contribution in [0, 0.1) is 10.1 Å². The normalized spacial score (nSPS) is 15.4. The zero-order chi connectivity index (χ0) is 18.6. The first-order chi connectivity index (χ1) is 12.5. The van der Waals surface area contributed by atoms with Gasteiger partial charge in [0, 0.05) is 31.5 Å². The summed E-state index contributed by atoms with van der Waals surface area (Å²) >= 11 is 0. The van der Waals surface area contributed by atoms with Gasteiger partial charge >= 0.3 is 0 Å². The highest BCUT2D eigenvalue weighted by molar-refractivity contribution is 7.89. The third-order valence-electron chi connectivity index (χ3n) is 3.97. The second-order valence-electron chi connectivity index (χ2n) is 5.70. The average Bonchev–Trinajstić information content (AvgIpc) is 3.18. The molecule has 1 aliphatic heterocycles. The zero-order valence-corrected chi connectivity index (χ0v) is 14.6. The molecule has 1 N–H and O–H groups in total. The fourth-order valence-corrected chi connectivity index (χ4v) is 4.16. The molecule has 1 aromatic heterocycles. The molecular formula is C16H17N5O4S. The number of hydrogen-bond donors (Lipinski definition) is 1. The van der Waals surface area contributed by atoms with E-state index in [0.29, 0.717) is 13.1 Å².